The summed E-state index contributed by atoms with van der Waals surface area (Å²) in [7, 11) is 1.35. The smallest absolute Gasteiger partial charge is 0.343 e. The van der Waals surface area contributed by atoms with E-state index in [0.29, 0.717) is 57.1 Å². The molecule has 0 amide bonds. The lowest BCUT2D eigenvalue weighted by Crippen LogP contribution is -2.30. The molecule has 190 valence electrons. The van der Waals surface area contributed by atoms with Crippen LogP contribution in [-0.4, -0.2) is 55.0 Å². The van der Waals surface area contributed by atoms with Gasteiger partial charge in [0, 0.05) is 56.5 Å². The number of furan rings is 1. The van der Waals surface area contributed by atoms with Crippen molar-refractivity contribution >= 4 is 5.97 Å². The molecule has 4 heterocycles. The SMILES string of the molecule is COC(=O)c1c(OCC2CCCCO2)cc(=O)n2c1CCN(Cc1ccccc1-c1ccco1)CC2. The number of fused-ring (bicyclic) bond motifs is 1. The van der Waals surface area contributed by atoms with Gasteiger partial charge in [0.05, 0.1) is 19.5 Å². The lowest BCUT2D eigenvalue weighted by Gasteiger charge is -2.24. The van der Waals surface area contributed by atoms with Crippen molar-refractivity contribution in [1.29, 1.82) is 0 Å². The molecule has 0 radical (unpaired) electrons. The molecule has 2 aliphatic heterocycles. The van der Waals surface area contributed by atoms with E-state index in [4.69, 9.17) is 18.6 Å². The molecule has 5 rings (SSSR count). The first-order chi connectivity index (χ1) is 17.6. The van der Waals surface area contributed by atoms with E-state index in [0.717, 1.165) is 36.1 Å². The Hall–Kier alpha value is -3.36. The number of carbonyl (C=O) groups excluding carboxylic acids is 1. The highest BCUT2D eigenvalue weighted by molar-refractivity contribution is 5.93. The summed E-state index contributed by atoms with van der Waals surface area (Å²) < 4.78 is 24.2. The number of aromatic nitrogens is 1. The summed E-state index contributed by atoms with van der Waals surface area (Å²) in [6.07, 6.45) is 5.22. The molecule has 36 heavy (non-hydrogen) atoms. The zero-order valence-corrected chi connectivity index (χ0v) is 20.6. The molecule has 3 aromatic rings. The first-order valence-corrected chi connectivity index (χ1v) is 12.6. The van der Waals surface area contributed by atoms with Gasteiger partial charge in [-0.2, -0.15) is 0 Å². The molecule has 1 atom stereocenters. The van der Waals surface area contributed by atoms with Gasteiger partial charge in [-0.3, -0.25) is 9.69 Å². The fourth-order valence-electron chi connectivity index (χ4n) is 5.08. The summed E-state index contributed by atoms with van der Waals surface area (Å²) in [6.45, 7) is 3.57. The molecule has 1 aromatic carbocycles. The minimum Gasteiger partial charge on any atom is -0.490 e. The lowest BCUT2D eigenvalue weighted by atomic mass is 10.0. The second kappa shape index (κ2) is 11.1. The maximum absolute atomic E-state index is 13.1. The van der Waals surface area contributed by atoms with Gasteiger partial charge < -0.3 is 23.2 Å². The van der Waals surface area contributed by atoms with Crippen LogP contribution >= 0.6 is 0 Å². The highest BCUT2D eigenvalue weighted by atomic mass is 16.5. The molecular formula is C28H32N2O6. The lowest BCUT2D eigenvalue weighted by molar-refractivity contribution is -0.0114. The maximum Gasteiger partial charge on any atom is 0.343 e. The molecule has 0 N–H and O–H groups in total. The van der Waals surface area contributed by atoms with Crippen LogP contribution < -0.4 is 10.3 Å². The first kappa shape index (κ1) is 24.3. The van der Waals surface area contributed by atoms with Crippen LogP contribution in [0.3, 0.4) is 0 Å². The van der Waals surface area contributed by atoms with Crippen LogP contribution in [0.5, 0.6) is 5.75 Å². The fourth-order valence-corrected chi connectivity index (χ4v) is 5.08. The number of carbonyl (C=O) groups is 1. The van der Waals surface area contributed by atoms with E-state index in [1.165, 1.54) is 13.2 Å². The van der Waals surface area contributed by atoms with E-state index in [2.05, 4.69) is 17.0 Å². The molecule has 1 fully saturated rings. The summed E-state index contributed by atoms with van der Waals surface area (Å²) in [5.41, 5.74) is 3.03. The predicted octanol–water partition coefficient (Wildman–Crippen LogP) is 3.90. The minimum absolute atomic E-state index is 0.0319. The molecule has 0 saturated carbocycles. The number of hydrogen-bond donors (Lipinski definition) is 0. The Morgan fingerprint density at radius 1 is 1.11 bits per heavy atom. The second-order valence-corrected chi connectivity index (χ2v) is 9.27. The number of ether oxygens (including phenoxy) is 3. The van der Waals surface area contributed by atoms with Crippen molar-refractivity contribution in [2.24, 2.45) is 0 Å². The Balaban J connectivity index is 1.38. The van der Waals surface area contributed by atoms with Crippen LogP contribution in [-0.2, 0) is 29.0 Å². The van der Waals surface area contributed by atoms with Crippen molar-refractivity contribution in [3.8, 4) is 17.1 Å². The Morgan fingerprint density at radius 3 is 2.78 bits per heavy atom. The summed E-state index contributed by atoms with van der Waals surface area (Å²) in [5, 5.41) is 0. The predicted molar refractivity (Wildman–Crippen MR) is 134 cm³/mol. The summed E-state index contributed by atoms with van der Waals surface area (Å²) in [4.78, 5) is 28.2. The van der Waals surface area contributed by atoms with Gasteiger partial charge in [-0.05, 0) is 37.0 Å². The number of nitrogens with zero attached hydrogens (tertiary/aromatic N) is 2. The third-order valence-electron chi connectivity index (χ3n) is 6.97. The monoisotopic (exact) mass is 492 g/mol. The van der Waals surface area contributed by atoms with Crippen molar-refractivity contribution in [1.82, 2.24) is 9.47 Å². The first-order valence-electron chi connectivity index (χ1n) is 12.6. The van der Waals surface area contributed by atoms with Crippen LogP contribution in [0.15, 0.2) is 57.9 Å². The molecular weight excluding hydrogens is 460 g/mol. The molecule has 8 nitrogen and oxygen atoms in total. The quantitative estimate of drug-likeness (QED) is 0.463. The molecule has 1 unspecified atom stereocenters. The molecule has 2 aromatic heterocycles. The van der Waals surface area contributed by atoms with Gasteiger partial charge >= 0.3 is 5.97 Å². The van der Waals surface area contributed by atoms with Crippen molar-refractivity contribution in [3.05, 3.63) is 75.9 Å². The molecule has 2 aliphatic rings. The minimum atomic E-state index is -0.491. The average molecular weight is 493 g/mol. The Labute approximate surface area is 210 Å². The van der Waals surface area contributed by atoms with Crippen LogP contribution in [0.1, 0.15) is 40.9 Å². The number of esters is 1. The van der Waals surface area contributed by atoms with Gasteiger partial charge in [-0.15, -0.1) is 0 Å². The molecule has 0 spiro atoms. The summed E-state index contributed by atoms with van der Waals surface area (Å²) >= 11 is 0. The van der Waals surface area contributed by atoms with Crippen molar-refractivity contribution in [3.63, 3.8) is 0 Å². The third kappa shape index (κ3) is 5.24. The van der Waals surface area contributed by atoms with E-state index in [9.17, 15) is 9.59 Å². The van der Waals surface area contributed by atoms with Crippen LogP contribution in [0.4, 0.5) is 0 Å². The van der Waals surface area contributed by atoms with Gasteiger partial charge in [-0.1, -0.05) is 24.3 Å². The molecule has 1 saturated heterocycles. The van der Waals surface area contributed by atoms with Gasteiger partial charge in [0.25, 0.3) is 5.56 Å². The third-order valence-corrected chi connectivity index (χ3v) is 6.97. The van der Waals surface area contributed by atoms with Gasteiger partial charge in [0.15, 0.2) is 0 Å². The van der Waals surface area contributed by atoms with E-state index >= 15 is 0 Å². The van der Waals surface area contributed by atoms with Crippen molar-refractivity contribution in [2.75, 3.05) is 33.4 Å². The number of pyridine rings is 1. The van der Waals surface area contributed by atoms with Crippen molar-refractivity contribution in [2.45, 2.75) is 44.9 Å². The highest BCUT2D eigenvalue weighted by Crippen LogP contribution is 2.28. The Morgan fingerprint density at radius 2 is 2.00 bits per heavy atom. The fraction of sp³-hybridized carbons (Fsp3) is 0.429. The summed E-state index contributed by atoms with van der Waals surface area (Å²) in [5.74, 6) is 0.621. The molecule has 8 heteroatoms. The highest BCUT2D eigenvalue weighted by Gasteiger charge is 2.27. The topological polar surface area (TPSA) is 83.1 Å². The van der Waals surface area contributed by atoms with Gasteiger partial charge in [0.1, 0.15) is 23.7 Å². The summed E-state index contributed by atoms with van der Waals surface area (Å²) in [6, 6.07) is 13.4. The van der Waals surface area contributed by atoms with E-state index in [1.54, 1.807) is 10.8 Å². The van der Waals surface area contributed by atoms with E-state index in [1.807, 2.05) is 24.3 Å². The van der Waals surface area contributed by atoms with E-state index in [-0.39, 0.29) is 17.4 Å². The number of hydrogen-bond acceptors (Lipinski definition) is 7. The van der Waals surface area contributed by atoms with Gasteiger partial charge in [0.2, 0.25) is 0 Å². The number of methoxy groups -OCH3 is 1. The molecule has 0 bridgehead atoms. The zero-order chi connectivity index (χ0) is 24.9. The average Bonchev–Trinajstić information content (AvgIpc) is 3.36. The standard InChI is InChI=1S/C28H32N2O6/c1-33-28(32)27-23-11-12-29(18-20-7-2-3-9-22(20)24-10-6-16-35-24)13-14-30(23)26(31)17-25(27)36-19-21-8-4-5-15-34-21/h2-3,6-7,9-10,16-17,21H,4-5,8,11-15,18-19H2,1H3. The largest absolute Gasteiger partial charge is 0.490 e. The normalized spacial score (nSPS) is 18.3. The molecule has 0 aliphatic carbocycles. The van der Waals surface area contributed by atoms with E-state index < -0.39 is 5.97 Å². The zero-order valence-electron chi connectivity index (χ0n) is 20.6. The number of benzene rings is 1. The van der Waals surface area contributed by atoms with Crippen LogP contribution in [0.25, 0.3) is 11.3 Å². The number of rotatable bonds is 7. The van der Waals surface area contributed by atoms with Gasteiger partial charge in [-0.25, -0.2) is 4.79 Å². The van der Waals surface area contributed by atoms with Crippen LogP contribution in [0.2, 0.25) is 0 Å². The van der Waals surface area contributed by atoms with Crippen LogP contribution in [0, 0.1) is 0 Å². The van der Waals surface area contributed by atoms with Crippen molar-refractivity contribution < 1.29 is 23.4 Å². The second-order valence-electron chi connectivity index (χ2n) is 9.27. The maximum atomic E-state index is 13.1. The Kier molecular flexibility index (Phi) is 7.53. The Bertz CT molecular complexity index is 1240.